The van der Waals surface area contributed by atoms with E-state index in [2.05, 4.69) is 44.2 Å². The summed E-state index contributed by atoms with van der Waals surface area (Å²) in [6.07, 6.45) is 4.40. The molecular formula is C21H23N5O. The van der Waals surface area contributed by atoms with Crippen molar-refractivity contribution in [3.63, 3.8) is 0 Å². The summed E-state index contributed by atoms with van der Waals surface area (Å²) in [6, 6.07) is 11.5. The van der Waals surface area contributed by atoms with E-state index in [1.54, 1.807) is 18.5 Å². The Morgan fingerprint density at radius 3 is 2.63 bits per heavy atom. The number of nitrogens with one attached hydrogen (secondary N) is 1. The maximum atomic E-state index is 9.49. The van der Waals surface area contributed by atoms with Crippen molar-refractivity contribution < 1.29 is 5.11 Å². The summed E-state index contributed by atoms with van der Waals surface area (Å²) in [5.41, 5.74) is 4.46. The highest BCUT2D eigenvalue weighted by molar-refractivity contribution is 5.53. The number of hydrogen-bond donors (Lipinski definition) is 2. The number of phenols is 1. The molecule has 0 fully saturated rings. The number of hydrogen-bond acceptors (Lipinski definition) is 6. The van der Waals surface area contributed by atoms with Gasteiger partial charge in [-0.15, -0.1) is 0 Å². The fourth-order valence-corrected chi connectivity index (χ4v) is 3.36. The van der Waals surface area contributed by atoms with Gasteiger partial charge in [-0.1, -0.05) is 18.2 Å². The smallest absolute Gasteiger partial charge is 0.135 e. The Labute approximate surface area is 158 Å². The summed E-state index contributed by atoms with van der Waals surface area (Å²) >= 11 is 0. The van der Waals surface area contributed by atoms with Crippen molar-refractivity contribution >= 4 is 11.6 Å². The third-order valence-corrected chi connectivity index (χ3v) is 4.97. The van der Waals surface area contributed by atoms with Crippen molar-refractivity contribution in [2.75, 3.05) is 16.8 Å². The predicted molar refractivity (Wildman–Crippen MR) is 106 cm³/mol. The van der Waals surface area contributed by atoms with Crippen molar-refractivity contribution in [3.8, 4) is 5.75 Å². The lowest BCUT2D eigenvalue weighted by Gasteiger charge is -2.30. The van der Waals surface area contributed by atoms with Gasteiger partial charge in [0, 0.05) is 37.3 Å². The number of pyridine rings is 1. The molecule has 138 valence electrons. The van der Waals surface area contributed by atoms with E-state index in [0.29, 0.717) is 0 Å². The van der Waals surface area contributed by atoms with Gasteiger partial charge in [-0.05, 0) is 43.2 Å². The van der Waals surface area contributed by atoms with Gasteiger partial charge in [0.15, 0.2) is 0 Å². The maximum absolute atomic E-state index is 9.49. The lowest BCUT2D eigenvalue weighted by molar-refractivity contribution is 0.475. The predicted octanol–water partition coefficient (Wildman–Crippen LogP) is 3.62. The number of nitrogens with zero attached hydrogens (tertiary/aromatic N) is 4. The average molecular weight is 361 g/mol. The molecule has 0 aliphatic carbocycles. The Bertz CT molecular complexity index is 924. The molecule has 0 saturated heterocycles. The number of anilines is 2. The number of phenolic OH excluding ortho intramolecular Hbond substituents is 1. The number of rotatable bonds is 4. The Morgan fingerprint density at radius 1 is 1.07 bits per heavy atom. The van der Waals surface area contributed by atoms with Crippen LogP contribution < -0.4 is 10.2 Å². The molecular weight excluding hydrogens is 338 g/mol. The third-order valence-electron chi connectivity index (χ3n) is 4.97. The molecule has 0 spiro atoms. The number of aromatic hydroxyl groups is 1. The van der Waals surface area contributed by atoms with E-state index in [1.165, 1.54) is 0 Å². The van der Waals surface area contributed by atoms with Gasteiger partial charge < -0.3 is 15.3 Å². The minimum Gasteiger partial charge on any atom is -0.508 e. The number of benzene rings is 1. The third kappa shape index (κ3) is 3.69. The number of aromatic nitrogens is 3. The summed E-state index contributed by atoms with van der Waals surface area (Å²) in [5, 5.41) is 13.0. The van der Waals surface area contributed by atoms with Gasteiger partial charge >= 0.3 is 0 Å². The summed E-state index contributed by atoms with van der Waals surface area (Å²) in [7, 11) is 0. The highest BCUT2D eigenvalue weighted by Gasteiger charge is 2.22. The first-order valence-corrected chi connectivity index (χ1v) is 9.16. The van der Waals surface area contributed by atoms with Crippen molar-refractivity contribution in [1.29, 1.82) is 0 Å². The van der Waals surface area contributed by atoms with Crippen LogP contribution in [0, 0.1) is 6.92 Å². The quantitative estimate of drug-likeness (QED) is 0.739. The van der Waals surface area contributed by atoms with Crippen LogP contribution in [0.5, 0.6) is 5.75 Å². The molecule has 3 heterocycles. The van der Waals surface area contributed by atoms with Crippen LogP contribution in [-0.4, -0.2) is 26.6 Å². The van der Waals surface area contributed by atoms with Gasteiger partial charge in [0.05, 0.1) is 5.69 Å². The van der Waals surface area contributed by atoms with Crippen LogP contribution in [-0.2, 0) is 13.0 Å². The van der Waals surface area contributed by atoms with E-state index < -0.39 is 0 Å². The molecule has 4 rings (SSSR count). The van der Waals surface area contributed by atoms with E-state index in [-0.39, 0.29) is 11.8 Å². The van der Waals surface area contributed by atoms with Crippen LogP contribution in [0.25, 0.3) is 0 Å². The van der Waals surface area contributed by atoms with Gasteiger partial charge in [0.25, 0.3) is 0 Å². The van der Waals surface area contributed by atoms with Crippen molar-refractivity contribution in [1.82, 2.24) is 15.0 Å². The van der Waals surface area contributed by atoms with Gasteiger partial charge in [-0.3, -0.25) is 0 Å². The Balaban J connectivity index is 1.57. The van der Waals surface area contributed by atoms with Gasteiger partial charge in [-0.25, -0.2) is 15.0 Å². The molecule has 0 radical (unpaired) electrons. The molecule has 1 atom stereocenters. The second kappa shape index (κ2) is 7.23. The van der Waals surface area contributed by atoms with Crippen molar-refractivity contribution in [2.45, 2.75) is 32.9 Å². The van der Waals surface area contributed by atoms with Crippen molar-refractivity contribution in [2.24, 2.45) is 0 Å². The molecule has 2 aromatic heterocycles. The van der Waals surface area contributed by atoms with Crippen LogP contribution in [0.1, 0.15) is 35.3 Å². The molecule has 0 amide bonds. The molecule has 0 bridgehead atoms. The lowest BCUT2D eigenvalue weighted by atomic mass is 10.0. The molecule has 0 saturated carbocycles. The lowest BCUT2D eigenvalue weighted by Crippen LogP contribution is -2.32. The van der Waals surface area contributed by atoms with Crippen LogP contribution in [0.4, 0.5) is 11.6 Å². The Morgan fingerprint density at radius 2 is 1.89 bits per heavy atom. The molecule has 6 heteroatoms. The monoisotopic (exact) mass is 361 g/mol. The van der Waals surface area contributed by atoms with E-state index in [9.17, 15) is 5.11 Å². The zero-order chi connectivity index (χ0) is 18.8. The Kier molecular flexibility index (Phi) is 4.62. The number of fused-ring (bicyclic) bond motifs is 1. The molecule has 1 unspecified atom stereocenters. The largest absolute Gasteiger partial charge is 0.508 e. The SMILES string of the molecule is Cc1ccc(N2CCc3ncnc(NC(C)c4ccc(O)cc4)c3C2)nc1. The standard InChI is InChI=1S/C21H23N5O/c1-14-3-8-20(22-11-14)26-10-9-19-18(12-26)21(24-13-23-19)25-15(2)16-4-6-17(27)7-5-16/h3-8,11,13,15,27H,9-10,12H2,1-2H3,(H,23,24,25). The zero-order valence-electron chi connectivity index (χ0n) is 15.6. The summed E-state index contributed by atoms with van der Waals surface area (Å²) < 4.78 is 0. The first-order valence-electron chi connectivity index (χ1n) is 9.16. The molecule has 2 N–H and O–H groups in total. The first-order chi connectivity index (χ1) is 13.1. The van der Waals surface area contributed by atoms with Crippen LogP contribution in [0.2, 0.25) is 0 Å². The van der Waals surface area contributed by atoms with Gasteiger partial charge in [0.1, 0.15) is 23.7 Å². The second-order valence-electron chi connectivity index (χ2n) is 6.97. The van der Waals surface area contributed by atoms with E-state index in [4.69, 9.17) is 0 Å². The van der Waals surface area contributed by atoms with Crippen LogP contribution in [0.15, 0.2) is 48.9 Å². The fourth-order valence-electron chi connectivity index (χ4n) is 3.36. The summed E-state index contributed by atoms with van der Waals surface area (Å²) in [5.74, 6) is 2.11. The maximum Gasteiger partial charge on any atom is 0.135 e. The van der Waals surface area contributed by atoms with Gasteiger partial charge in [-0.2, -0.15) is 0 Å². The second-order valence-corrected chi connectivity index (χ2v) is 6.97. The Hall–Kier alpha value is -3.15. The minimum absolute atomic E-state index is 0.0671. The molecule has 6 nitrogen and oxygen atoms in total. The first kappa shape index (κ1) is 17.3. The van der Waals surface area contributed by atoms with E-state index in [0.717, 1.165) is 53.5 Å². The molecule has 3 aromatic rings. The summed E-state index contributed by atoms with van der Waals surface area (Å²) in [6.45, 7) is 5.76. The molecule has 1 aromatic carbocycles. The van der Waals surface area contributed by atoms with Gasteiger partial charge in [0.2, 0.25) is 0 Å². The minimum atomic E-state index is 0.0671. The zero-order valence-corrected chi connectivity index (χ0v) is 15.6. The highest BCUT2D eigenvalue weighted by atomic mass is 16.3. The summed E-state index contributed by atoms with van der Waals surface area (Å²) in [4.78, 5) is 15.8. The number of aryl methyl sites for hydroxylation is 1. The van der Waals surface area contributed by atoms with E-state index in [1.807, 2.05) is 25.3 Å². The molecule has 1 aliphatic heterocycles. The van der Waals surface area contributed by atoms with Crippen molar-refractivity contribution in [3.05, 3.63) is 71.3 Å². The molecule has 27 heavy (non-hydrogen) atoms. The van der Waals surface area contributed by atoms with Crippen LogP contribution in [0.3, 0.4) is 0 Å². The highest BCUT2D eigenvalue weighted by Crippen LogP contribution is 2.28. The molecule has 1 aliphatic rings. The normalized spacial score (nSPS) is 14.5. The van der Waals surface area contributed by atoms with E-state index >= 15 is 0 Å². The van der Waals surface area contributed by atoms with Crippen LogP contribution >= 0.6 is 0 Å². The topological polar surface area (TPSA) is 74.2 Å². The average Bonchev–Trinajstić information content (AvgIpc) is 2.69. The fraction of sp³-hybridized carbons (Fsp3) is 0.286.